The predicted molar refractivity (Wildman–Crippen MR) is 208 cm³/mol. The molecular formula is C44H48N4O5. The number of phenols is 1. The Balaban J connectivity index is 0.893. The number of aromatic hydroxyl groups is 1. The number of nitrogens with zero attached hydrogens (tertiary/aromatic N) is 3. The van der Waals surface area contributed by atoms with Gasteiger partial charge in [-0.3, -0.25) is 19.7 Å². The van der Waals surface area contributed by atoms with Gasteiger partial charge in [0.15, 0.2) is 0 Å². The van der Waals surface area contributed by atoms with Crippen molar-refractivity contribution in [3.8, 4) is 11.5 Å². The number of allylic oxidation sites excluding steroid dienone is 1. The van der Waals surface area contributed by atoms with Gasteiger partial charge in [-0.05, 0) is 121 Å². The minimum atomic E-state index is -0.596. The Kier molecular flexibility index (Phi) is 11.2. The maximum absolute atomic E-state index is 13.1. The van der Waals surface area contributed by atoms with Gasteiger partial charge in [-0.2, -0.15) is 0 Å². The molecule has 0 saturated carbocycles. The summed E-state index contributed by atoms with van der Waals surface area (Å²) in [7, 11) is 0. The lowest BCUT2D eigenvalue weighted by Crippen LogP contribution is -2.52. The Bertz CT molecular complexity index is 1960. The van der Waals surface area contributed by atoms with Gasteiger partial charge in [0.1, 0.15) is 17.5 Å². The summed E-state index contributed by atoms with van der Waals surface area (Å²) in [4.78, 5) is 43.7. The highest BCUT2D eigenvalue weighted by Crippen LogP contribution is 2.36. The number of benzene rings is 4. The fourth-order valence-electron chi connectivity index (χ4n) is 7.86. The Morgan fingerprint density at radius 3 is 2.32 bits per heavy atom. The summed E-state index contributed by atoms with van der Waals surface area (Å²) < 4.78 is 6.18. The zero-order valence-electron chi connectivity index (χ0n) is 30.4. The normalized spacial score (nSPS) is 18.4. The monoisotopic (exact) mass is 712 g/mol. The molecule has 7 rings (SSSR count). The average molecular weight is 713 g/mol. The van der Waals surface area contributed by atoms with E-state index in [2.05, 4.69) is 76.6 Å². The first-order valence-electron chi connectivity index (χ1n) is 18.9. The molecule has 53 heavy (non-hydrogen) atoms. The molecule has 0 aliphatic carbocycles. The van der Waals surface area contributed by atoms with E-state index >= 15 is 0 Å². The van der Waals surface area contributed by atoms with Crippen LogP contribution in [-0.4, -0.2) is 78.0 Å². The van der Waals surface area contributed by atoms with E-state index in [0.717, 1.165) is 92.1 Å². The maximum Gasteiger partial charge on any atom is 0.255 e. The molecule has 1 unspecified atom stereocenters. The lowest BCUT2D eigenvalue weighted by atomic mass is 9.88. The lowest BCUT2D eigenvalue weighted by molar-refractivity contribution is -0.136. The molecule has 9 heteroatoms. The molecule has 0 bridgehead atoms. The number of carbonyl (C=O) groups excluding carboxylic acids is 3. The van der Waals surface area contributed by atoms with E-state index in [1.54, 1.807) is 17.0 Å². The van der Waals surface area contributed by atoms with Gasteiger partial charge in [-0.15, -0.1) is 0 Å². The molecule has 1 atom stereocenters. The number of piperidine rings is 1. The van der Waals surface area contributed by atoms with Gasteiger partial charge in [0.05, 0.1) is 6.61 Å². The first-order valence-corrected chi connectivity index (χ1v) is 18.9. The first-order chi connectivity index (χ1) is 25.9. The average Bonchev–Trinajstić information content (AvgIpc) is 3.32. The van der Waals surface area contributed by atoms with Crippen LogP contribution in [0.1, 0.15) is 78.1 Å². The highest BCUT2D eigenvalue weighted by molar-refractivity contribution is 6.05. The summed E-state index contributed by atoms with van der Waals surface area (Å²) in [6.45, 7) is 8.15. The predicted octanol–water partition coefficient (Wildman–Crippen LogP) is 6.89. The Morgan fingerprint density at radius 1 is 0.830 bits per heavy atom. The molecule has 3 amide bonds. The van der Waals surface area contributed by atoms with E-state index in [-0.39, 0.29) is 29.9 Å². The molecule has 2 fully saturated rings. The van der Waals surface area contributed by atoms with Crippen molar-refractivity contribution in [3.05, 3.63) is 125 Å². The number of anilines is 1. The van der Waals surface area contributed by atoms with E-state index in [1.165, 1.54) is 11.1 Å². The fraction of sp³-hybridized carbons (Fsp3) is 0.341. The number of amides is 3. The molecule has 3 aliphatic heterocycles. The third-order valence-corrected chi connectivity index (χ3v) is 10.7. The van der Waals surface area contributed by atoms with Crippen molar-refractivity contribution in [1.82, 2.24) is 15.1 Å². The van der Waals surface area contributed by atoms with Gasteiger partial charge in [-0.25, -0.2) is 0 Å². The molecule has 2 N–H and O–H groups in total. The summed E-state index contributed by atoms with van der Waals surface area (Å²) in [5.74, 6) is 0.326. The third-order valence-electron chi connectivity index (χ3n) is 10.7. The van der Waals surface area contributed by atoms with Crippen LogP contribution in [0.5, 0.6) is 11.5 Å². The summed E-state index contributed by atoms with van der Waals surface area (Å²) >= 11 is 0. The number of nitrogens with one attached hydrogen (secondary N) is 1. The molecule has 0 aromatic heterocycles. The second-order valence-electron chi connectivity index (χ2n) is 14.1. The zero-order valence-corrected chi connectivity index (χ0v) is 30.4. The summed E-state index contributed by atoms with van der Waals surface area (Å²) in [6.07, 6.45) is 4.58. The van der Waals surface area contributed by atoms with Crippen molar-refractivity contribution in [2.24, 2.45) is 0 Å². The maximum atomic E-state index is 13.1. The Hall–Kier alpha value is -5.41. The van der Waals surface area contributed by atoms with Crippen LogP contribution < -0.4 is 15.0 Å². The minimum Gasteiger partial charge on any atom is -0.508 e. The van der Waals surface area contributed by atoms with E-state index in [0.29, 0.717) is 25.1 Å². The van der Waals surface area contributed by atoms with E-state index < -0.39 is 6.04 Å². The van der Waals surface area contributed by atoms with E-state index in [1.807, 2.05) is 30.3 Å². The summed E-state index contributed by atoms with van der Waals surface area (Å²) in [5, 5.41) is 12.3. The number of ether oxygens (including phenoxy) is 1. The van der Waals surface area contributed by atoms with E-state index in [9.17, 15) is 19.5 Å². The SMILES string of the molecule is CC/C(=C(\c1ccc(O)cc1)c1ccc(OCCCCN2CCCN(c3ccc4c(c3)CN(C3CCC(=O)NC3=O)C4=O)CC2)cc1)c1ccccc1. The number of hydrogen-bond acceptors (Lipinski definition) is 7. The first kappa shape index (κ1) is 36.0. The quantitative estimate of drug-likeness (QED) is 0.0937. The number of imide groups is 1. The van der Waals surface area contributed by atoms with Crippen LogP contribution in [0.3, 0.4) is 0 Å². The van der Waals surface area contributed by atoms with Crippen LogP contribution in [0.15, 0.2) is 97.1 Å². The van der Waals surface area contributed by atoms with Crippen LogP contribution in [0.2, 0.25) is 0 Å². The number of unbranched alkanes of at least 4 members (excludes halogenated alkanes) is 1. The van der Waals surface area contributed by atoms with Crippen molar-refractivity contribution in [2.75, 3.05) is 44.2 Å². The van der Waals surface area contributed by atoms with Gasteiger partial charge >= 0.3 is 0 Å². The molecule has 2 saturated heterocycles. The van der Waals surface area contributed by atoms with E-state index in [4.69, 9.17) is 4.74 Å². The van der Waals surface area contributed by atoms with Crippen molar-refractivity contribution >= 4 is 34.6 Å². The van der Waals surface area contributed by atoms with Crippen LogP contribution >= 0.6 is 0 Å². The van der Waals surface area contributed by atoms with Gasteiger partial charge in [0.2, 0.25) is 11.8 Å². The lowest BCUT2D eigenvalue weighted by Gasteiger charge is -2.29. The second kappa shape index (κ2) is 16.5. The van der Waals surface area contributed by atoms with Gasteiger partial charge in [0.25, 0.3) is 5.91 Å². The van der Waals surface area contributed by atoms with Gasteiger partial charge in [0, 0.05) is 43.9 Å². The third kappa shape index (κ3) is 8.31. The molecule has 274 valence electrons. The molecule has 3 heterocycles. The standard InChI is InChI=1S/C44H48N4O5/c1-2-38(31-9-4-3-5-10-31)42(32-11-16-36(49)17-12-32)33-13-18-37(19-14-33)53-28-7-6-23-46-24-8-25-47(27-26-46)35-15-20-39-34(29-35)30-48(44(39)52)40-21-22-41(50)45-43(40)51/h3-5,9-20,29,40,49H,2,6-8,21-28,30H2,1H3,(H,45,50,51)/b42-38-. The number of hydrogen-bond donors (Lipinski definition) is 2. The highest BCUT2D eigenvalue weighted by Gasteiger charge is 2.39. The molecule has 9 nitrogen and oxygen atoms in total. The molecule has 4 aromatic rings. The Labute approximate surface area is 311 Å². The molecule has 0 spiro atoms. The van der Waals surface area contributed by atoms with Crippen molar-refractivity contribution in [2.45, 2.75) is 58.0 Å². The number of phenolic OH excluding ortho intramolecular Hbond substituents is 1. The summed E-state index contributed by atoms with van der Waals surface area (Å²) in [5.41, 5.74) is 8.48. The van der Waals surface area contributed by atoms with Crippen LogP contribution in [0.25, 0.3) is 11.1 Å². The van der Waals surface area contributed by atoms with Gasteiger partial charge in [-0.1, -0.05) is 61.5 Å². The zero-order chi connectivity index (χ0) is 36.7. The smallest absolute Gasteiger partial charge is 0.255 e. The molecule has 3 aliphatic rings. The van der Waals surface area contributed by atoms with Crippen LogP contribution in [0, 0.1) is 0 Å². The van der Waals surface area contributed by atoms with Crippen LogP contribution in [0.4, 0.5) is 5.69 Å². The molecular weight excluding hydrogens is 665 g/mol. The minimum absolute atomic E-state index is 0.134. The topological polar surface area (TPSA) is 102 Å². The van der Waals surface area contributed by atoms with Crippen molar-refractivity contribution in [3.63, 3.8) is 0 Å². The second-order valence-corrected chi connectivity index (χ2v) is 14.1. The highest BCUT2D eigenvalue weighted by atomic mass is 16.5. The summed E-state index contributed by atoms with van der Waals surface area (Å²) in [6, 6.07) is 31.7. The van der Waals surface area contributed by atoms with Gasteiger partial charge < -0.3 is 24.5 Å². The molecule has 4 aromatic carbocycles. The molecule has 0 radical (unpaired) electrons. The number of rotatable bonds is 12. The van der Waals surface area contributed by atoms with Crippen molar-refractivity contribution in [1.29, 1.82) is 0 Å². The largest absolute Gasteiger partial charge is 0.508 e. The van der Waals surface area contributed by atoms with Crippen molar-refractivity contribution < 1.29 is 24.2 Å². The fourth-order valence-corrected chi connectivity index (χ4v) is 7.86. The number of fused-ring (bicyclic) bond motifs is 1. The Morgan fingerprint density at radius 2 is 1.58 bits per heavy atom. The number of carbonyl (C=O) groups is 3. The van der Waals surface area contributed by atoms with Crippen LogP contribution in [-0.2, 0) is 16.1 Å².